The van der Waals surface area contributed by atoms with Crippen molar-refractivity contribution in [3.63, 3.8) is 0 Å². The molecule has 0 atom stereocenters. The molecule has 0 radical (unpaired) electrons. The number of aromatic nitrogens is 2. The maximum absolute atomic E-state index is 13.6. The molecule has 5 nitrogen and oxygen atoms in total. The van der Waals surface area contributed by atoms with Gasteiger partial charge in [-0.2, -0.15) is 0 Å². The fraction of sp³-hybridized carbons (Fsp3) is 0.286. The lowest BCUT2D eigenvalue weighted by molar-refractivity contribution is 0.311. The molecule has 0 amide bonds. The second-order valence-electron chi connectivity index (χ2n) is 4.50. The summed E-state index contributed by atoms with van der Waals surface area (Å²) in [5, 5.41) is 11.9. The van der Waals surface area contributed by atoms with Crippen molar-refractivity contribution < 1.29 is 13.9 Å². The molecular formula is C14H15F2N3O2S. The summed E-state index contributed by atoms with van der Waals surface area (Å²) in [6, 6.07) is 3.95. The summed E-state index contributed by atoms with van der Waals surface area (Å²) < 4.78 is 26.7. The number of aliphatic hydroxyl groups excluding tert-OH is 1. The molecule has 0 spiro atoms. The first kappa shape index (κ1) is 16.4. The Hall–Kier alpha value is -1.93. The maximum atomic E-state index is 13.6. The Labute approximate surface area is 129 Å². The van der Waals surface area contributed by atoms with Crippen molar-refractivity contribution in [3.8, 4) is 0 Å². The third kappa shape index (κ3) is 3.83. The normalized spacial score (nSPS) is 10.7. The third-order valence-electron chi connectivity index (χ3n) is 2.93. The molecule has 2 aromatic rings. The summed E-state index contributed by atoms with van der Waals surface area (Å²) >= 11 is 1.09. The van der Waals surface area contributed by atoms with Crippen LogP contribution in [0, 0.1) is 18.6 Å². The van der Waals surface area contributed by atoms with Crippen LogP contribution in [0.4, 0.5) is 14.6 Å². The summed E-state index contributed by atoms with van der Waals surface area (Å²) in [7, 11) is 0. The lowest BCUT2D eigenvalue weighted by atomic mass is 10.2. The van der Waals surface area contributed by atoms with Crippen LogP contribution < -0.4 is 10.9 Å². The second-order valence-corrected chi connectivity index (χ2v) is 5.46. The molecule has 0 unspecified atom stereocenters. The van der Waals surface area contributed by atoms with E-state index in [0.717, 1.165) is 17.8 Å². The predicted molar refractivity (Wildman–Crippen MR) is 81.1 cm³/mol. The van der Waals surface area contributed by atoms with Gasteiger partial charge in [-0.3, -0.25) is 4.79 Å². The van der Waals surface area contributed by atoms with Gasteiger partial charge in [-0.1, -0.05) is 23.9 Å². The van der Waals surface area contributed by atoms with E-state index in [0.29, 0.717) is 16.5 Å². The van der Waals surface area contributed by atoms with E-state index in [2.05, 4.69) is 15.3 Å². The average molecular weight is 327 g/mol. The first-order valence-electron chi connectivity index (χ1n) is 6.54. The number of H-pyrrole nitrogens is 1. The van der Waals surface area contributed by atoms with Gasteiger partial charge in [-0.25, -0.2) is 13.8 Å². The summed E-state index contributed by atoms with van der Waals surface area (Å²) in [4.78, 5) is 18.6. The number of nitrogens with one attached hydrogen (secondary N) is 2. The van der Waals surface area contributed by atoms with E-state index in [4.69, 9.17) is 5.11 Å². The lowest BCUT2D eigenvalue weighted by Crippen LogP contribution is -2.18. The molecule has 0 saturated heterocycles. The highest BCUT2D eigenvalue weighted by atomic mass is 32.2. The monoisotopic (exact) mass is 327 g/mol. The number of halogens is 2. The maximum Gasteiger partial charge on any atom is 0.256 e. The van der Waals surface area contributed by atoms with Crippen LogP contribution in [-0.4, -0.2) is 28.2 Å². The van der Waals surface area contributed by atoms with E-state index in [1.807, 2.05) is 0 Å². The molecule has 1 heterocycles. The highest BCUT2D eigenvalue weighted by molar-refractivity contribution is 7.98. The molecule has 3 N–H and O–H groups in total. The van der Waals surface area contributed by atoms with Gasteiger partial charge in [0.05, 0.1) is 12.2 Å². The number of aliphatic hydroxyl groups is 1. The third-order valence-corrected chi connectivity index (χ3v) is 3.85. The van der Waals surface area contributed by atoms with Gasteiger partial charge in [0.15, 0.2) is 16.8 Å². The highest BCUT2D eigenvalue weighted by Gasteiger charge is 2.11. The van der Waals surface area contributed by atoms with Gasteiger partial charge < -0.3 is 15.4 Å². The van der Waals surface area contributed by atoms with Crippen molar-refractivity contribution >= 4 is 17.6 Å². The molecule has 8 heteroatoms. The predicted octanol–water partition coefficient (Wildman–Crippen LogP) is 2.05. The number of rotatable bonds is 6. The number of anilines is 1. The zero-order valence-electron chi connectivity index (χ0n) is 11.8. The van der Waals surface area contributed by atoms with Crippen LogP contribution in [0.25, 0.3) is 0 Å². The van der Waals surface area contributed by atoms with Gasteiger partial charge in [0.2, 0.25) is 0 Å². The first-order chi connectivity index (χ1) is 10.5. The Kier molecular flexibility index (Phi) is 5.51. The SMILES string of the molecule is Cc1c(NCCO)nc(SCc2cccc(F)c2F)[nH]c1=O. The van der Waals surface area contributed by atoms with Crippen molar-refractivity contribution in [1.29, 1.82) is 0 Å². The van der Waals surface area contributed by atoms with E-state index in [-0.39, 0.29) is 30.0 Å². The van der Waals surface area contributed by atoms with Crippen molar-refractivity contribution in [2.75, 3.05) is 18.5 Å². The summed E-state index contributed by atoms with van der Waals surface area (Å²) in [6.07, 6.45) is 0. The van der Waals surface area contributed by atoms with Gasteiger partial charge in [-0.15, -0.1) is 0 Å². The van der Waals surface area contributed by atoms with E-state index in [9.17, 15) is 13.6 Å². The van der Waals surface area contributed by atoms with Crippen LogP contribution in [0.5, 0.6) is 0 Å². The molecule has 22 heavy (non-hydrogen) atoms. The molecule has 0 aliphatic carbocycles. The fourth-order valence-electron chi connectivity index (χ4n) is 1.73. The number of hydrogen-bond acceptors (Lipinski definition) is 5. The molecule has 0 aliphatic rings. The number of nitrogens with zero attached hydrogens (tertiary/aromatic N) is 1. The molecule has 0 aliphatic heterocycles. The smallest absolute Gasteiger partial charge is 0.256 e. The average Bonchev–Trinajstić information content (AvgIpc) is 2.50. The molecule has 0 saturated carbocycles. The Bertz CT molecular complexity index is 722. The largest absolute Gasteiger partial charge is 0.395 e. The number of aromatic amines is 1. The van der Waals surface area contributed by atoms with Gasteiger partial charge in [0.1, 0.15) is 5.82 Å². The minimum absolute atomic E-state index is 0.0924. The van der Waals surface area contributed by atoms with Gasteiger partial charge in [-0.05, 0) is 13.0 Å². The van der Waals surface area contributed by atoms with Crippen LogP contribution >= 0.6 is 11.8 Å². The fourth-order valence-corrected chi connectivity index (χ4v) is 2.57. The minimum Gasteiger partial charge on any atom is -0.395 e. The van der Waals surface area contributed by atoms with Crippen molar-refractivity contribution in [1.82, 2.24) is 9.97 Å². The van der Waals surface area contributed by atoms with Crippen LogP contribution in [0.2, 0.25) is 0 Å². The Morgan fingerprint density at radius 1 is 1.41 bits per heavy atom. The van der Waals surface area contributed by atoms with Crippen molar-refractivity contribution in [2.45, 2.75) is 17.8 Å². The molecule has 2 rings (SSSR count). The summed E-state index contributed by atoms with van der Waals surface area (Å²) in [5.41, 5.74) is 0.269. The quantitative estimate of drug-likeness (QED) is 0.559. The van der Waals surface area contributed by atoms with Crippen LogP contribution in [0.1, 0.15) is 11.1 Å². The topological polar surface area (TPSA) is 78.0 Å². The van der Waals surface area contributed by atoms with E-state index >= 15 is 0 Å². The molecule has 0 fully saturated rings. The molecule has 118 valence electrons. The zero-order chi connectivity index (χ0) is 16.1. The van der Waals surface area contributed by atoms with E-state index < -0.39 is 11.6 Å². The van der Waals surface area contributed by atoms with Crippen molar-refractivity contribution in [3.05, 3.63) is 51.3 Å². The second kappa shape index (κ2) is 7.37. The first-order valence-corrected chi connectivity index (χ1v) is 7.53. The van der Waals surface area contributed by atoms with Gasteiger partial charge >= 0.3 is 0 Å². The molecule has 0 bridgehead atoms. The Morgan fingerprint density at radius 2 is 2.18 bits per heavy atom. The lowest BCUT2D eigenvalue weighted by Gasteiger charge is -2.09. The molecule has 1 aromatic carbocycles. The highest BCUT2D eigenvalue weighted by Crippen LogP contribution is 2.23. The number of thioether (sulfide) groups is 1. The minimum atomic E-state index is -0.909. The number of hydrogen-bond donors (Lipinski definition) is 3. The van der Waals surface area contributed by atoms with E-state index in [1.54, 1.807) is 6.92 Å². The summed E-state index contributed by atoms with van der Waals surface area (Å²) in [6.45, 7) is 1.77. The molecular weight excluding hydrogens is 312 g/mol. The zero-order valence-corrected chi connectivity index (χ0v) is 12.6. The Morgan fingerprint density at radius 3 is 2.91 bits per heavy atom. The van der Waals surface area contributed by atoms with Crippen LogP contribution in [0.3, 0.4) is 0 Å². The Balaban J connectivity index is 2.17. The van der Waals surface area contributed by atoms with Crippen LogP contribution in [0.15, 0.2) is 28.2 Å². The molecule has 1 aromatic heterocycles. The standard InChI is InChI=1S/C14H15F2N3O2S/c1-8-12(17-5-6-20)18-14(19-13(8)21)22-7-9-3-2-4-10(15)11(9)16/h2-4,20H,5-7H2,1H3,(H2,17,18,19,21). The summed E-state index contributed by atoms with van der Waals surface area (Å²) in [5.74, 6) is -1.31. The number of benzene rings is 1. The van der Waals surface area contributed by atoms with Gasteiger partial charge in [0, 0.05) is 17.9 Å². The van der Waals surface area contributed by atoms with E-state index in [1.165, 1.54) is 12.1 Å². The van der Waals surface area contributed by atoms with Crippen LogP contribution in [-0.2, 0) is 5.75 Å². The van der Waals surface area contributed by atoms with Crippen molar-refractivity contribution in [2.24, 2.45) is 0 Å². The van der Waals surface area contributed by atoms with Gasteiger partial charge in [0.25, 0.3) is 5.56 Å².